The highest BCUT2D eigenvalue weighted by molar-refractivity contribution is 6.32. The van der Waals surface area contributed by atoms with Gasteiger partial charge in [-0.2, -0.15) is 0 Å². The lowest BCUT2D eigenvalue weighted by Crippen LogP contribution is -2.51. The Morgan fingerprint density at radius 1 is 0.958 bits per heavy atom. The van der Waals surface area contributed by atoms with Crippen LogP contribution in [0, 0.1) is 0 Å². The number of hydrogen-bond acceptors (Lipinski definition) is 2. The summed E-state index contributed by atoms with van der Waals surface area (Å²) >= 11 is 6.08. The Hall–Kier alpha value is -2.46. The topological polar surface area (TPSA) is 35.6 Å². The smallest absolute Gasteiger partial charge is 0.321 e. The van der Waals surface area contributed by atoms with Crippen LogP contribution in [0.3, 0.4) is 0 Å². The molecule has 1 N–H and O–H groups in total. The van der Waals surface area contributed by atoms with E-state index in [1.807, 2.05) is 47.4 Å². The van der Waals surface area contributed by atoms with Gasteiger partial charge in [-0.05, 0) is 29.8 Å². The number of hydrogen-bond donors (Lipinski definition) is 1. The quantitative estimate of drug-likeness (QED) is 0.920. The van der Waals surface area contributed by atoms with Gasteiger partial charge < -0.3 is 15.1 Å². The Morgan fingerprint density at radius 2 is 1.62 bits per heavy atom. The molecule has 0 aromatic heterocycles. The normalized spacial score (nSPS) is 14.9. The van der Waals surface area contributed by atoms with Crippen molar-refractivity contribution in [1.82, 2.24) is 10.2 Å². The van der Waals surface area contributed by atoms with Gasteiger partial charge in [0.1, 0.15) is 0 Å². The fraction of sp³-hybridized carbons (Fsp3) is 0.211. The fourth-order valence-corrected chi connectivity index (χ4v) is 2.91. The van der Waals surface area contributed by atoms with Crippen LogP contribution in [0.2, 0.25) is 5.02 Å². The van der Waals surface area contributed by atoms with Crippen LogP contribution in [0.15, 0.2) is 60.8 Å². The number of nitrogens with zero attached hydrogens (tertiary/aromatic N) is 2. The molecule has 1 saturated heterocycles. The molecule has 2 aromatic rings. The number of carbonyl (C=O) groups is 1. The van der Waals surface area contributed by atoms with Crippen LogP contribution >= 0.6 is 11.6 Å². The van der Waals surface area contributed by atoms with E-state index in [1.165, 1.54) is 5.69 Å². The standard InChI is InChI=1S/C19H20ClN3O/c20-18-9-5-4-6-16(18)10-11-21-19(24)23-14-12-22(13-15-23)17-7-2-1-3-8-17/h1-11H,12-15H2,(H,21,24)/b11-10+. The third-order valence-corrected chi connectivity index (χ3v) is 4.41. The number of urea groups is 1. The van der Waals surface area contributed by atoms with Gasteiger partial charge in [-0.15, -0.1) is 0 Å². The van der Waals surface area contributed by atoms with Crippen molar-refractivity contribution in [3.8, 4) is 0 Å². The summed E-state index contributed by atoms with van der Waals surface area (Å²) in [5, 5.41) is 3.48. The molecule has 0 spiro atoms. The summed E-state index contributed by atoms with van der Waals surface area (Å²) in [4.78, 5) is 16.4. The van der Waals surface area contributed by atoms with Crippen LogP contribution in [0.1, 0.15) is 5.56 Å². The lowest BCUT2D eigenvalue weighted by molar-refractivity contribution is 0.198. The molecule has 1 heterocycles. The summed E-state index contributed by atoms with van der Waals surface area (Å²) in [7, 11) is 0. The molecular formula is C19H20ClN3O. The summed E-state index contributed by atoms with van der Waals surface area (Å²) in [5.74, 6) is 0. The van der Waals surface area contributed by atoms with Crippen molar-refractivity contribution in [1.29, 1.82) is 0 Å². The highest BCUT2D eigenvalue weighted by atomic mass is 35.5. The van der Waals surface area contributed by atoms with Gasteiger partial charge in [-0.25, -0.2) is 4.79 Å². The molecule has 124 valence electrons. The van der Waals surface area contributed by atoms with Crippen LogP contribution in [0.5, 0.6) is 0 Å². The molecular weight excluding hydrogens is 322 g/mol. The van der Waals surface area contributed by atoms with Crippen LogP contribution < -0.4 is 10.2 Å². The number of piperazine rings is 1. The molecule has 0 aliphatic carbocycles. The van der Waals surface area contributed by atoms with E-state index in [4.69, 9.17) is 11.6 Å². The molecule has 1 aliphatic heterocycles. The summed E-state index contributed by atoms with van der Waals surface area (Å²) < 4.78 is 0. The van der Waals surface area contributed by atoms with E-state index in [9.17, 15) is 4.79 Å². The van der Waals surface area contributed by atoms with Crippen molar-refractivity contribution in [2.45, 2.75) is 0 Å². The first-order valence-corrected chi connectivity index (χ1v) is 8.38. The fourth-order valence-electron chi connectivity index (χ4n) is 2.71. The third-order valence-electron chi connectivity index (χ3n) is 4.06. The van der Waals surface area contributed by atoms with Crippen LogP contribution in [-0.2, 0) is 0 Å². The molecule has 0 saturated carbocycles. The van der Waals surface area contributed by atoms with Gasteiger partial charge in [0.05, 0.1) is 0 Å². The number of para-hydroxylation sites is 1. The Balaban J connectivity index is 1.50. The van der Waals surface area contributed by atoms with E-state index in [1.54, 1.807) is 12.3 Å². The van der Waals surface area contributed by atoms with E-state index in [0.717, 1.165) is 18.7 Å². The SMILES string of the molecule is O=C(N/C=C/c1ccccc1Cl)N1CCN(c2ccccc2)CC1. The Kier molecular flexibility index (Phi) is 5.39. The molecule has 2 amide bonds. The average Bonchev–Trinajstić information content (AvgIpc) is 2.64. The van der Waals surface area contributed by atoms with Crippen molar-refractivity contribution >= 4 is 29.4 Å². The minimum atomic E-state index is -0.0778. The number of anilines is 1. The molecule has 5 heteroatoms. The first-order chi connectivity index (χ1) is 11.7. The molecule has 3 rings (SSSR count). The number of halogens is 1. The summed E-state index contributed by atoms with van der Waals surface area (Å²) in [6.45, 7) is 3.10. The number of rotatable bonds is 3. The Morgan fingerprint density at radius 3 is 2.33 bits per heavy atom. The zero-order valence-corrected chi connectivity index (χ0v) is 14.1. The van der Waals surface area contributed by atoms with Crippen molar-refractivity contribution in [3.63, 3.8) is 0 Å². The summed E-state index contributed by atoms with van der Waals surface area (Å²) in [5.41, 5.74) is 2.09. The minimum absolute atomic E-state index is 0.0778. The van der Waals surface area contributed by atoms with Gasteiger partial charge in [0.15, 0.2) is 0 Å². The van der Waals surface area contributed by atoms with Gasteiger partial charge in [0.2, 0.25) is 0 Å². The summed E-state index contributed by atoms with van der Waals surface area (Å²) in [6.07, 6.45) is 3.45. The maximum Gasteiger partial charge on any atom is 0.321 e. The first kappa shape index (κ1) is 16.4. The zero-order valence-electron chi connectivity index (χ0n) is 13.4. The van der Waals surface area contributed by atoms with E-state index < -0.39 is 0 Å². The Labute approximate surface area is 147 Å². The van der Waals surface area contributed by atoms with E-state index >= 15 is 0 Å². The average molecular weight is 342 g/mol. The lowest BCUT2D eigenvalue weighted by atomic mass is 10.2. The van der Waals surface area contributed by atoms with Gasteiger partial charge in [0, 0.05) is 43.1 Å². The van der Waals surface area contributed by atoms with Gasteiger partial charge >= 0.3 is 6.03 Å². The number of carbonyl (C=O) groups excluding carboxylic acids is 1. The second-order valence-corrected chi connectivity index (χ2v) is 6.02. The van der Waals surface area contributed by atoms with Crippen molar-refractivity contribution in [2.75, 3.05) is 31.1 Å². The molecule has 0 unspecified atom stereocenters. The number of amides is 2. The van der Waals surface area contributed by atoms with Crippen LogP contribution in [0.25, 0.3) is 6.08 Å². The number of benzene rings is 2. The highest BCUT2D eigenvalue weighted by Crippen LogP contribution is 2.17. The molecule has 0 radical (unpaired) electrons. The van der Waals surface area contributed by atoms with Crippen molar-refractivity contribution in [2.24, 2.45) is 0 Å². The minimum Gasteiger partial charge on any atom is -0.368 e. The molecule has 24 heavy (non-hydrogen) atoms. The van der Waals surface area contributed by atoms with Crippen LogP contribution in [0.4, 0.5) is 10.5 Å². The van der Waals surface area contributed by atoms with Gasteiger partial charge in [0.25, 0.3) is 0 Å². The maximum atomic E-state index is 12.2. The number of nitrogens with one attached hydrogen (secondary N) is 1. The second-order valence-electron chi connectivity index (χ2n) is 5.61. The maximum absolute atomic E-state index is 12.2. The van der Waals surface area contributed by atoms with E-state index in [2.05, 4.69) is 22.3 Å². The van der Waals surface area contributed by atoms with Crippen molar-refractivity contribution in [3.05, 3.63) is 71.4 Å². The van der Waals surface area contributed by atoms with Gasteiger partial charge in [-0.1, -0.05) is 48.0 Å². The van der Waals surface area contributed by atoms with E-state index in [-0.39, 0.29) is 6.03 Å². The molecule has 0 bridgehead atoms. The van der Waals surface area contributed by atoms with Crippen LogP contribution in [-0.4, -0.2) is 37.1 Å². The second kappa shape index (κ2) is 7.88. The van der Waals surface area contributed by atoms with E-state index in [0.29, 0.717) is 18.1 Å². The molecule has 1 fully saturated rings. The first-order valence-electron chi connectivity index (χ1n) is 8.00. The summed E-state index contributed by atoms with van der Waals surface area (Å²) in [6, 6.07) is 17.7. The zero-order chi connectivity index (χ0) is 16.8. The predicted octanol–water partition coefficient (Wildman–Crippen LogP) is 3.84. The molecule has 4 nitrogen and oxygen atoms in total. The predicted molar refractivity (Wildman–Crippen MR) is 99.2 cm³/mol. The monoisotopic (exact) mass is 341 g/mol. The largest absolute Gasteiger partial charge is 0.368 e. The molecule has 2 aromatic carbocycles. The molecule has 1 aliphatic rings. The highest BCUT2D eigenvalue weighted by Gasteiger charge is 2.20. The lowest BCUT2D eigenvalue weighted by Gasteiger charge is -2.35. The van der Waals surface area contributed by atoms with Gasteiger partial charge in [-0.3, -0.25) is 0 Å². The Bertz CT molecular complexity index is 710. The third kappa shape index (κ3) is 4.09. The van der Waals surface area contributed by atoms with Crippen molar-refractivity contribution < 1.29 is 4.79 Å². The molecule has 0 atom stereocenters.